The molecule has 0 spiro atoms. The van der Waals surface area contributed by atoms with Crippen molar-refractivity contribution in [2.75, 3.05) is 36.2 Å². The Balaban J connectivity index is 1.14. The summed E-state index contributed by atoms with van der Waals surface area (Å²) in [6.45, 7) is 1.84. The molecular weight excluding hydrogens is 478 g/mol. The van der Waals surface area contributed by atoms with Crippen molar-refractivity contribution < 1.29 is 24.2 Å². The number of hydrogen-bond donors (Lipinski definition) is 3. The van der Waals surface area contributed by atoms with Crippen LogP contribution in [0.3, 0.4) is 0 Å². The van der Waals surface area contributed by atoms with Gasteiger partial charge in [0.05, 0.1) is 25.1 Å². The van der Waals surface area contributed by atoms with Gasteiger partial charge < -0.3 is 25.2 Å². The number of phenolic OH excluding ortho intramolecular Hbond substituents is 1. The number of rotatable bonds is 8. The van der Waals surface area contributed by atoms with Crippen molar-refractivity contribution in [1.82, 2.24) is 5.32 Å². The van der Waals surface area contributed by atoms with Crippen LogP contribution in [0.25, 0.3) is 11.1 Å². The van der Waals surface area contributed by atoms with Crippen molar-refractivity contribution in [3.8, 4) is 22.6 Å². The first kappa shape index (κ1) is 24.0. The van der Waals surface area contributed by atoms with Crippen LogP contribution < -0.4 is 20.3 Å². The van der Waals surface area contributed by atoms with Crippen LogP contribution in [0.5, 0.6) is 11.5 Å². The number of phenols is 1. The van der Waals surface area contributed by atoms with Crippen LogP contribution in [0.4, 0.5) is 16.2 Å². The van der Waals surface area contributed by atoms with E-state index in [9.17, 15) is 14.7 Å². The molecule has 2 aliphatic heterocycles. The van der Waals surface area contributed by atoms with E-state index in [1.165, 1.54) is 18.9 Å². The number of anilines is 2. The van der Waals surface area contributed by atoms with Crippen molar-refractivity contribution in [1.29, 1.82) is 0 Å². The molecule has 0 bridgehead atoms. The van der Waals surface area contributed by atoms with Crippen LogP contribution in [0, 0.1) is 0 Å². The molecule has 0 radical (unpaired) electrons. The highest BCUT2D eigenvalue weighted by molar-refractivity contribution is 8.00. The molecule has 0 aliphatic carbocycles. The molecule has 3 N–H and O–H groups in total. The Morgan fingerprint density at radius 1 is 1.14 bits per heavy atom. The fraction of sp³-hybridized carbons (Fsp3) is 0.259. The van der Waals surface area contributed by atoms with Crippen LogP contribution in [0.15, 0.2) is 65.6 Å². The second kappa shape index (κ2) is 10.5. The Morgan fingerprint density at radius 3 is 2.86 bits per heavy atom. The number of methoxy groups -OCH3 is 1. The van der Waals surface area contributed by atoms with Gasteiger partial charge in [0.25, 0.3) is 0 Å². The minimum Gasteiger partial charge on any atom is -0.504 e. The van der Waals surface area contributed by atoms with Crippen LogP contribution in [0.1, 0.15) is 12.0 Å². The molecule has 1 saturated heterocycles. The first-order valence-corrected chi connectivity index (χ1v) is 12.7. The fourth-order valence-corrected chi connectivity index (χ4v) is 5.12. The summed E-state index contributed by atoms with van der Waals surface area (Å²) >= 11 is 1.49. The number of hydrogen-bond acceptors (Lipinski definition) is 7. The predicted molar refractivity (Wildman–Crippen MR) is 140 cm³/mol. The molecule has 1 atom stereocenters. The number of carbonyl (C=O) groups is 2. The van der Waals surface area contributed by atoms with E-state index in [-0.39, 0.29) is 23.9 Å². The number of aromatic hydroxyl groups is 1. The number of fused-ring (bicyclic) bond motifs is 1. The highest BCUT2D eigenvalue weighted by atomic mass is 32.2. The SMILES string of the molecule is COc1cc(-c2cccc(CNCCC3CN(c4ccc5c(c4)NC(=O)CS5)C(=O)O3)c2)ccc1O. The van der Waals surface area contributed by atoms with Crippen LogP contribution in [-0.2, 0) is 16.1 Å². The summed E-state index contributed by atoms with van der Waals surface area (Å²) in [6, 6.07) is 19.1. The third kappa shape index (κ3) is 5.27. The molecule has 5 rings (SSSR count). The zero-order chi connectivity index (χ0) is 25.1. The van der Waals surface area contributed by atoms with Crippen molar-refractivity contribution in [3.05, 3.63) is 66.2 Å². The van der Waals surface area contributed by atoms with E-state index < -0.39 is 0 Å². The van der Waals surface area contributed by atoms with E-state index in [0.717, 1.165) is 33.0 Å². The van der Waals surface area contributed by atoms with Crippen LogP contribution >= 0.6 is 11.8 Å². The third-order valence-corrected chi connectivity index (χ3v) is 7.27. The van der Waals surface area contributed by atoms with Gasteiger partial charge in [0.1, 0.15) is 6.10 Å². The van der Waals surface area contributed by atoms with Gasteiger partial charge in [-0.2, -0.15) is 0 Å². The lowest BCUT2D eigenvalue weighted by molar-refractivity contribution is -0.113. The molecule has 1 fully saturated rings. The number of amides is 2. The average molecular weight is 506 g/mol. The Hall–Kier alpha value is -3.69. The maximum atomic E-state index is 12.5. The molecule has 2 aliphatic rings. The summed E-state index contributed by atoms with van der Waals surface area (Å²) in [7, 11) is 1.53. The van der Waals surface area contributed by atoms with Gasteiger partial charge in [-0.15, -0.1) is 11.8 Å². The lowest BCUT2D eigenvalue weighted by Gasteiger charge is -2.20. The first-order chi connectivity index (χ1) is 17.5. The van der Waals surface area contributed by atoms with Crippen LogP contribution in [-0.4, -0.2) is 49.2 Å². The van der Waals surface area contributed by atoms with E-state index >= 15 is 0 Å². The summed E-state index contributed by atoms with van der Waals surface area (Å²) in [6.07, 6.45) is 0.113. The summed E-state index contributed by atoms with van der Waals surface area (Å²) < 4.78 is 10.8. The molecule has 1 unspecified atom stereocenters. The average Bonchev–Trinajstić information content (AvgIpc) is 3.27. The van der Waals surface area contributed by atoms with Crippen molar-refractivity contribution in [3.63, 3.8) is 0 Å². The summed E-state index contributed by atoms with van der Waals surface area (Å²) in [5, 5.41) is 16.1. The standard InChI is InChI=1S/C27H27N3O5S/c1-34-24-12-19(5-7-23(24)31)18-4-2-3-17(11-18)14-28-10-9-21-15-30(27(33)35-21)20-6-8-25-22(13-20)29-26(32)16-36-25/h2-8,11-13,21,28,31H,9-10,14-16H2,1H3,(H,29,32). The summed E-state index contributed by atoms with van der Waals surface area (Å²) in [5.74, 6) is 0.923. The molecule has 2 amide bonds. The second-order valence-electron chi connectivity index (χ2n) is 8.69. The Kier molecular flexibility index (Phi) is 7.02. The Bertz CT molecular complexity index is 1300. The lowest BCUT2D eigenvalue weighted by atomic mass is 10.0. The molecule has 0 saturated carbocycles. The van der Waals surface area contributed by atoms with Gasteiger partial charge in [-0.05, 0) is 66.1 Å². The van der Waals surface area contributed by atoms with E-state index in [1.54, 1.807) is 11.0 Å². The smallest absolute Gasteiger partial charge is 0.414 e. The molecule has 3 aromatic carbocycles. The Morgan fingerprint density at radius 2 is 2.00 bits per heavy atom. The van der Waals surface area contributed by atoms with Crippen molar-refractivity contribution in [2.24, 2.45) is 0 Å². The van der Waals surface area contributed by atoms with Crippen molar-refractivity contribution >= 4 is 35.1 Å². The minimum atomic E-state index is -0.369. The predicted octanol–water partition coefficient (Wildman–Crippen LogP) is 4.62. The highest BCUT2D eigenvalue weighted by Crippen LogP contribution is 2.36. The van der Waals surface area contributed by atoms with Gasteiger partial charge in [0.2, 0.25) is 5.91 Å². The number of thioether (sulfide) groups is 1. The summed E-state index contributed by atoms with van der Waals surface area (Å²) in [5.41, 5.74) is 4.58. The fourth-order valence-electron chi connectivity index (χ4n) is 4.34. The largest absolute Gasteiger partial charge is 0.504 e. The summed E-state index contributed by atoms with van der Waals surface area (Å²) in [4.78, 5) is 26.8. The minimum absolute atomic E-state index is 0.0362. The number of carbonyl (C=O) groups excluding carboxylic acids is 2. The normalized spacial score (nSPS) is 16.9. The van der Waals surface area contributed by atoms with Gasteiger partial charge in [-0.25, -0.2) is 4.79 Å². The zero-order valence-corrected chi connectivity index (χ0v) is 20.6. The molecule has 186 valence electrons. The molecule has 3 aromatic rings. The number of benzene rings is 3. The van der Waals surface area contributed by atoms with Gasteiger partial charge in [-0.1, -0.05) is 24.3 Å². The lowest BCUT2D eigenvalue weighted by Crippen LogP contribution is -2.26. The van der Waals surface area contributed by atoms with Crippen LogP contribution in [0.2, 0.25) is 0 Å². The topological polar surface area (TPSA) is 100 Å². The third-order valence-electron chi connectivity index (χ3n) is 6.19. The molecule has 8 nitrogen and oxygen atoms in total. The number of nitrogens with zero attached hydrogens (tertiary/aromatic N) is 1. The van der Waals surface area contributed by atoms with Gasteiger partial charge in [0.15, 0.2) is 11.5 Å². The number of cyclic esters (lactones) is 1. The molecular formula is C27H27N3O5S. The maximum Gasteiger partial charge on any atom is 0.414 e. The molecule has 9 heteroatoms. The van der Waals surface area contributed by atoms with E-state index in [1.807, 2.05) is 42.5 Å². The molecule has 2 heterocycles. The highest BCUT2D eigenvalue weighted by Gasteiger charge is 2.32. The quantitative estimate of drug-likeness (QED) is 0.384. The van der Waals surface area contributed by atoms with E-state index in [0.29, 0.717) is 37.6 Å². The Labute approximate surface area is 213 Å². The second-order valence-corrected chi connectivity index (χ2v) is 9.70. The zero-order valence-electron chi connectivity index (χ0n) is 19.8. The van der Waals surface area contributed by atoms with E-state index in [2.05, 4.69) is 22.8 Å². The van der Waals surface area contributed by atoms with Gasteiger partial charge in [-0.3, -0.25) is 9.69 Å². The van der Waals surface area contributed by atoms with Crippen molar-refractivity contribution in [2.45, 2.75) is 24.0 Å². The number of nitrogens with one attached hydrogen (secondary N) is 2. The molecule has 0 aromatic heterocycles. The van der Waals surface area contributed by atoms with Gasteiger partial charge in [0, 0.05) is 17.1 Å². The number of ether oxygens (including phenoxy) is 2. The molecule has 36 heavy (non-hydrogen) atoms. The maximum absolute atomic E-state index is 12.5. The van der Waals surface area contributed by atoms with E-state index in [4.69, 9.17) is 9.47 Å². The monoisotopic (exact) mass is 505 g/mol. The van der Waals surface area contributed by atoms with Gasteiger partial charge >= 0.3 is 6.09 Å². The first-order valence-electron chi connectivity index (χ1n) is 11.7.